The van der Waals surface area contributed by atoms with E-state index >= 15 is 0 Å². The van der Waals surface area contributed by atoms with Crippen molar-refractivity contribution < 1.29 is 71.2 Å². The predicted octanol–water partition coefficient (Wildman–Crippen LogP) is -3.82. The summed E-state index contributed by atoms with van der Waals surface area (Å²) in [6.45, 7) is 1.43. The molecule has 1 aromatic heterocycles. The smallest absolute Gasteiger partial charge is 0.550 e. The molecule has 2 aromatic rings. The van der Waals surface area contributed by atoms with Crippen molar-refractivity contribution in [3.05, 3.63) is 34.2 Å². The van der Waals surface area contributed by atoms with Crippen molar-refractivity contribution in [2.24, 2.45) is 5.92 Å². The maximum atomic E-state index is 11.9. The Kier molecular flexibility index (Phi) is 8.33. The first-order valence-electron chi connectivity index (χ1n) is 7.23. The van der Waals surface area contributed by atoms with E-state index in [2.05, 4.69) is 15.3 Å². The number of aromatic amines is 2. The average molecular weight is 359 g/mol. The summed E-state index contributed by atoms with van der Waals surface area (Å²) < 4.78 is 0. The average Bonchev–Trinajstić information content (AvgIpc) is 2.85. The van der Waals surface area contributed by atoms with Crippen LogP contribution < -0.4 is 67.5 Å². The number of carbonyl (C=O) groups is 2. The van der Waals surface area contributed by atoms with Gasteiger partial charge in [-0.15, -0.1) is 0 Å². The van der Waals surface area contributed by atoms with Crippen LogP contribution in [0.15, 0.2) is 23.0 Å². The molecule has 8 nitrogen and oxygen atoms in total. The molecule has 0 aliphatic rings. The maximum Gasteiger partial charge on any atom is 1.00 e. The molecule has 124 valence electrons. The Bertz CT molecular complexity index is 770. The van der Waals surface area contributed by atoms with Gasteiger partial charge in [0, 0.05) is 24.9 Å². The summed E-state index contributed by atoms with van der Waals surface area (Å²) in [5.41, 5.74) is 1.75. The molecular weight excluding hydrogens is 341 g/mol. The number of benzene rings is 1. The number of H-pyrrole nitrogens is 2. The van der Waals surface area contributed by atoms with E-state index in [1.54, 1.807) is 25.1 Å². The summed E-state index contributed by atoms with van der Waals surface area (Å²) >= 11 is 0. The van der Waals surface area contributed by atoms with Crippen molar-refractivity contribution in [2.75, 3.05) is 6.61 Å². The number of rotatable bonds is 7. The molecule has 1 amide bonds. The summed E-state index contributed by atoms with van der Waals surface area (Å²) in [5, 5.41) is 22.4. The fraction of sp³-hybridized carbons (Fsp3) is 0.400. The van der Waals surface area contributed by atoms with Gasteiger partial charge < -0.3 is 30.3 Å². The molecule has 0 saturated heterocycles. The Morgan fingerprint density at radius 3 is 2.58 bits per heavy atom. The number of hydrogen-bond donors (Lipinski definition) is 4. The number of aliphatic hydroxyl groups excluding tert-OH is 1. The standard InChI is InChI=1S/C15H19N3O5.K/c1-8(16-13(20)7-10(4-5-19)14(21)22)9-2-3-11-12(6-9)18-15(23)17-11;/h2-3,6,8,10,19H,4-5,7H2,1H3,(H,16,20)(H,21,22)(H2,17,18,23);/q;+1/p-1. The van der Waals surface area contributed by atoms with Crippen LogP contribution in [-0.2, 0) is 9.59 Å². The van der Waals surface area contributed by atoms with Crippen LogP contribution >= 0.6 is 0 Å². The SMILES string of the molecule is CC(NC(=O)CC(CCO)C(=O)[O-])c1ccc2[nH]c(=O)[nH]c2c1.[K+]. The summed E-state index contributed by atoms with van der Waals surface area (Å²) in [6.07, 6.45) is -0.281. The Morgan fingerprint density at radius 2 is 1.96 bits per heavy atom. The van der Waals surface area contributed by atoms with Crippen molar-refractivity contribution in [1.82, 2.24) is 15.3 Å². The topological polar surface area (TPSA) is 138 Å². The normalized spacial score (nSPS) is 13.1. The zero-order valence-corrected chi connectivity index (χ0v) is 16.7. The molecule has 0 spiro atoms. The van der Waals surface area contributed by atoms with E-state index in [1.165, 1.54) is 0 Å². The molecule has 0 aliphatic carbocycles. The predicted molar refractivity (Wildman–Crippen MR) is 80.3 cm³/mol. The van der Waals surface area contributed by atoms with Gasteiger partial charge in [0.05, 0.1) is 17.1 Å². The Balaban J connectivity index is 0.00000288. The van der Waals surface area contributed by atoms with Gasteiger partial charge in [-0.1, -0.05) is 6.07 Å². The van der Waals surface area contributed by atoms with Gasteiger partial charge in [-0.2, -0.15) is 0 Å². The summed E-state index contributed by atoms with van der Waals surface area (Å²) in [5.74, 6) is -2.81. The van der Waals surface area contributed by atoms with E-state index in [0.29, 0.717) is 11.0 Å². The number of aliphatic carboxylic acids is 1. The van der Waals surface area contributed by atoms with Gasteiger partial charge in [0.25, 0.3) is 0 Å². The summed E-state index contributed by atoms with van der Waals surface area (Å²) in [7, 11) is 0. The van der Waals surface area contributed by atoms with E-state index in [9.17, 15) is 19.5 Å². The van der Waals surface area contributed by atoms with Crippen LogP contribution in [0, 0.1) is 5.92 Å². The number of carbonyl (C=O) groups excluding carboxylic acids is 2. The van der Waals surface area contributed by atoms with Gasteiger partial charge in [-0.3, -0.25) is 4.79 Å². The van der Waals surface area contributed by atoms with Crippen LogP contribution in [0.4, 0.5) is 0 Å². The molecule has 0 fully saturated rings. The quantitative estimate of drug-likeness (QED) is 0.375. The molecule has 2 unspecified atom stereocenters. The third kappa shape index (κ3) is 5.54. The zero-order valence-electron chi connectivity index (χ0n) is 13.6. The van der Waals surface area contributed by atoms with Gasteiger partial charge in [0.1, 0.15) is 0 Å². The molecule has 0 radical (unpaired) electrons. The van der Waals surface area contributed by atoms with Crippen LogP contribution in [-0.4, -0.2) is 33.6 Å². The fourth-order valence-corrected chi connectivity index (χ4v) is 2.39. The minimum absolute atomic E-state index is 0. The summed E-state index contributed by atoms with van der Waals surface area (Å²) in [6, 6.07) is 4.87. The van der Waals surface area contributed by atoms with Gasteiger partial charge in [0.2, 0.25) is 5.91 Å². The Hall–Kier alpha value is -0.974. The fourth-order valence-electron chi connectivity index (χ4n) is 2.39. The monoisotopic (exact) mass is 359 g/mol. The number of imidazole rings is 1. The van der Waals surface area contributed by atoms with Gasteiger partial charge in [-0.05, 0) is 31.0 Å². The Morgan fingerprint density at radius 1 is 1.29 bits per heavy atom. The second kappa shape index (κ2) is 9.49. The van der Waals surface area contributed by atoms with Crippen LogP contribution in [0.25, 0.3) is 11.0 Å². The first-order valence-corrected chi connectivity index (χ1v) is 7.23. The molecule has 0 aliphatic heterocycles. The second-order valence-electron chi connectivity index (χ2n) is 5.41. The number of fused-ring (bicyclic) bond motifs is 1. The Labute approximate surface area is 180 Å². The molecule has 1 heterocycles. The van der Waals surface area contributed by atoms with Gasteiger partial charge in [0.15, 0.2) is 0 Å². The molecule has 9 heteroatoms. The van der Waals surface area contributed by atoms with E-state index < -0.39 is 17.8 Å². The third-order valence-electron chi connectivity index (χ3n) is 3.66. The van der Waals surface area contributed by atoms with E-state index in [-0.39, 0.29) is 82.6 Å². The first-order chi connectivity index (χ1) is 10.9. The summed E-state index contributed by atoms with van der Waals surface area (Å²) in [4.78, 5) is 39.3. The number of aromatic nitrogens is 2. The van der Waals surface area contributed by atoms with Crippen molar-refractivity contribution in [3.63, 3.8) is 0 Å². The van der Waals surface area contributed by atoms with Crippen molar-refractivity contribution in [2.45, 2.75) is 25.8 Å². The number of amides is 1. The van der Waals surface area contributed by atoms with Crippen molar-refractivity contribution in [3.8, 4) is 0 Å². The molecule has 1 aromatic carbocycles. The maximum absolute atomic E-state index is 11.9. The van der Waals surface area contributed by atoms with Crippen molar-refractivity contribution in [1.29, 1.82) is 0 Å². The largest absolute Gasteiger partial charge is 1.00 e. The van der Waals surface area contributed by atoms with Crippen LogP contribution in [0.1, 0.15) is 31.4 Å². The van der Waals surface area contributed by atoms with Crippen LogP contribution in [0.5, 0.6) is 0 Å². The molecule has 2 rings (SSSR count). The van der Waals surface area contributed by atoms with Crippen LogP contribution in [0.3, 0.4) is 0 Å². The minimum Gasteiger partial charge on any atom is -0.550 e. The van der Waals surface area contributed by atoms with Gasteiger partial charge >= 0.3 is 57.1 Å². The molecule has 24 heavy (non-hydrogen) atoms. The van der Waals surface area contributed by atoms with E-state index in [4.69, 9.17) is 5.11 Å². The number of aliphatic hydroxyl groups is 1. The number of hydrogen-bond acceptors (Lipinski definition) is 5. The number of nitrogens with one attached hydrogen (secondary N) is 3. The van der Waals surface area contributed by atoms with Gasteiger partial charge in [-0.25, -0.2) is 4.79 Å². The molecular formula is C15H18KN3O5. The molecule has 0 saturated carbocycles. The second-order valence-corrected chi connectivity index (χ2v) is 5.41. The molecule has 2 atom stereocenters. The number of carboxylic acids is 1. The molecule has 0 bridgehead atoms. The minimum atomic E-state index is -1.35. The van der Waals surface area contributed by atoms with Crippen LogP contribution in [0.2, 0.25) is 0 Å². The van der Waals surface area contributed by atoms with E-state index in [1.807, 2.05) is 0 Å². The van der Waals surface area contributed by atoms with E-state index in [0.717, 1.165) is 5.56 Å². The first kappa shape index (κ1) is 21.1. The number of carboxylic acid groups (broad SMARTS) is 1. The van der Waals surface area contributed by atoms with Crippen molar-refractivity contribution >= 4 is 22.9 Å². The zero-order chi connectivity index (χ0) is 17.0. The molecule has 4 N–H and O–H groups in total. The third-order valence-corrected chi connectivity index (χ3v) is 3.66.